The van der Waals surface area contributed by atoms with Crippen molar-refractivity contribution in [3.05, 3.63) is 16.4 Å². The van der Waals surface area contributed by atoms with Crippen LogP contribution in [0.3, 0.4) is 0 Å². The van der Waals surface area contributed by atoms with E-state index in [0.29, 0.717) is 11.8 Å². The largest absolute Gasteiger partial charge is 0.377 e. The maximum atomic E-state index is 10.7. The Balaban J connectivity index is 2.13. The monoisotopic (exact) mass is 168 g/mol. The van der Waals surface area contributed by atoms with Crippen molar-refractivity contribution < 1.29 is 4.52 Å². The van der Waals surface area contributed by atoms with Crippen molar-refractivity contribution in [2.75, 3.05) is 0 Å². The van der Waals surface area contributed by atoms with E-state index in [-0.39, 0.29) is 5.69 Å². The van der Waals surface area contributed by atoms with Gasteiger partial charge >= 0.3 is 5.69 Å². The average Bonchev–Trinajstić information content (AvgIpc) is 2.54. The topological polar surface area (TPSA) is 58.9 Å². The Hall–Kier alpha value is -1.06. The molecule has 0 amide bonds. The molecule has 0 unspecified atom stereocenters. The molecule has 12 heavy (non-hydrogen) atoms. The Morgan fingerprint density at radius 1 is 1.33 bits per heavy atom. The summed E-state index contributed by atoms with van der Waals surface area (Å²) in [5, 5.41) is 2.22. The van der Waals surface area contributed by atoms with E-state index in [2.05, 4.69) is 10.1 Å². The number of hydrogen-bond acceptors (Lipinski definition) is 3. The molecule has 1 fully saturated rings. The molecule has 0 saturated heterocycles. The highest BCUT2D eigenvalue weighted by Gasteiger charge is 2.20. The first-order valence-corrected chi connectivity index (χ1v) is 4.41. The van der Waals surface area contributed by atoms with Crippen LogP contribution >= 0.6 is 0 Å². The SMILES string of the molecule is O=c1nc(C2CCCCC2)o[nH]1. The zero-order chi connectivity index (χ0) is 8.39. The van der Waals surface area contributed by atoms with Crippen molar-refractivity contribution in [3.8, 4) is 0 Å². The van der Waals surface area contributed by atoms with Gasteiger partial charge in [0, 0.05) is 5.92 Å². The highest BCUT2D eigenvalue weighted by Crippen LogP contribution is 2.30. The minimum absolute atomic E-state index is 0.365. The summed E-state index contributed by atoms with van der Waals surface area (Å²) in [5.41, 5.74) is -0.365. The van der Waals surface area contributed by atoms with Crippen LogP contribution in [0.5, 0.6) is 0 Å². The normalized spacial score (nSPS) is 19.7. The molecule has 0 radical (unpaired) electrons. The van der Waals surface area contributed by atoms with E-state index in [1.54, 1.807) is 0 Å². The highest BCUT2D eigenvalue weighted by atomic mass is 16.5. The van der Waals surface area contributed by atoms with Gasteiger partial charge in [-0.2, -0.15) is 10.1 Å². The van der Waals surface area contributed by atoms with E-state index in [0.717, 1.165) is 12.8 Å². The Bertz CT molecular complexity index is 296. The first-order valence-electron chi connectivity index (χ1n) is 4.41. The van der Waals surface area contributed by atoms with Crippen molar-refractivity contribution >= 4 is 0 Å². The van der Waals surface area contributed by atoms with Gasteiger partial charge in [0.2, 0.25) is 5.89 Å². The molecule has 1 aliphatic carbocycles. The minimum Gasteiger partial charge on any atom is -0.362 e. The maximum absolute atomic E-state index is 10.7. The quantitative estimate of drug-likeness (QED) is 0.689. The van der Waals surface area contributed by atoms with Crippen molar-refractivity contribution in [2.24, 2.45) is 0 Å². The molecule has 4 heteroatoms. The maximum Gasteiger partial charge on any atom is 0.377 e. The number of nitrogens with zero attached hydrogens (tertiary/aromatic N) is 1. The van der Waals surface area contributed by atoms with Gasteiger partial charge in [0.1, 0.15) is 0 Å². The van der Waals surface area contributed by atoms with Crippen LogP contribution in [-0.4, -0.2) is 10.1 Å². The first kappa shape index (κ1) is 7.58. The molecule has 1 N–H and O–H groups in total. The van der Waals surface area contributed by atoms with Crippen LogP contribution in [0.1, 0.15) is 43.9 Å². The molecule has 1 aromatic heterocycles. The van der Waals surface area contributed by atoms with Gasteiger partial charge < -0.3 is 4.52 Å². The fraction of sp³-hybridized carbons (Fsp3) is 0.750. The summed E-state index contributed by atoms with van der Waals surface area (Å²) in [6.45, 7) is 0. The second-order valence-corrected chi connectivity index (χ2v) is 3.29. The summed E-state index contributed by atoms with van der Waals surface area (Å²) in [7, 11) is 0. The van der Waals surface area contributed by atoms with Gasteiger partial charge in [-0.15, -0.1) is 0 Å². The molecule has 0 atom stereocenters. The van der Waals surface area contributed by atoms with E-state index >= 15 is 0 Å². The van der Waals surface area contributed by atoms with Crippen molar-refractivity contribution in [2.45, 2.75) is 38.0 Å². The summed E-state index contributed by atoms with van der Waals surface area (Å²) >= 11 is 0. The second kappa shape index (κ2) is 3.13. The van der Waals surface area contributed by atoms with E-state index in [9.17, 15) is 4.79 Å². The molecule has 1 saturated carbocycles. The van der Waals surface area contributed by atoms with Gasteiger partial charge in [-0.3, -0.25) is 0 Å². The van der Waals surface area contributed by atoms with Crippen LogP contribution in [0.25, 0.3) is 0 Å². The molecule has 1 aromatic rings. The van der Waals surface area contributed by atoms with Crippen LogP contribution in [0.4, 0.5) is 0 Å². The van der Waals surface area contributed by atoms with Crippen molar-refractivity contribution in [1.82, 2.24) is 10.1 Å². The number of rotatable bonds is 1. The minimum atomic E-state index is -0.365. The predicted molar refractivity (Wildman–Crippen MR) is 42.9 cm³/mol. The molecule has 0 bridgehead atoms. The van der Waals surface area contributed by atoms with Crippen LogP contribution in [0.2, 0.25) is 0 Å². The van der Waals surface area contributed by atoms with E-state index in [1.165, 1.54) is 19.3 Å². The van der Waals surface area contributed by atoms with Gasteiger partial charge in [0.05, 0.1) is 0 Å². The van der Waals surface area contributed by atoms with Crippen LogP contribution in [0.15, 0.2) is 9.32 Å². The smallest absolute Gasteiger partial charge is 0.362 e. The van der Waals surface area contributed by atoms with E-state index < -0.39 is 0 Å². The van der Waals surface area contributed by atoms with Crippen molar-refractivity contribution in [3.63, 3.8) is 0 Å². The third-order valence-electron chi connectivity index (χ3n) is 2.41. The fourth-order valence-electron chi connectivity index (χ4n) is 1.77. The highest BCUT2D eigenvalue weighted by molar-refractivity contribution is 4.90. The first-order chi connectivity index (χ1) is 5.86. The van der Waals surface area contributed by atoms with Gasteiger partial charge in [-0.1, -0.05) is 19.3 Å². The Morgan fingerprint density at radius 3 is 2.67 bits per heavy atom. The lowest BCUT2D eigenvalue weighted by molar-refractivity contribution is 0.312. The lowest BCUT2D eigenvalue weighted by Crippen LogP contribution is -2.07. The van der Waals surface area contributed by atoms with Gasteiger partial charge in [0.25, 0.3) is 0 Å². The van der Waals surface area contributed by atoms with Crippen molar-refractivity contribution in [1.29, 1.82) is 0 Å². The van der Waals surface area contributed by atoms with Gasteiger partial charge in [-0.25, -0.2) is 4.79 Å². The zero-order valence-corrected chi connectivity index (χ0v) is 6.88. The summed E-state index contributed by atoms with van der Waals surface area (Å²) in [6.07, 6.45) is 5.95. The standard InChI is InChI=1S/C8H12N2O2/c11-8-9-7(12-10-8)6-4-2-1-3-5-6/h6H,1-5H2,(H,10,11). The van der Waals surface area contributed by atoms with Crippen LogP contribution in [-0.2, 0) is 0 Å². The number of aromatic amines is 1. The Labute approximate surface area is 70.0 Å². The Morgan fingerprint density at radius 2 is 2.08 bits per heavy atom. The summed E-state index contributed by atoms with van der Waals surface area (Å²) < 4.78 is 4.96. The van der Waals surface area contributed by atoms with Gasteiger partial charge in [0.15, 0.2) is 0 Å². The number of H-pyrrole nitrogens is 1. The number of aromatic nitrogens is 2. The molecule has 0 aliphatic heterocycles. The number of nitrogens with one attached hydrogen (secondary N) is 1. The molecular formula is C8H12N2O2. The molecule has 0 spiro atoms. The zero-order valence-electron chi connectivity index (χ0n) is 6.88. The third-order valence-corrected chi connectivity index (χ3v) is 2.41. The molecule has 4 nitrogen and oxygen atoms in total. The Kier molecular flexibility index (Phi) is 1.98. The molecular weight excluding hydrogens is 156 g/mol. The van der Waals surface area contributed by atoms with Crippen LogP contribution in [0, 0.1) is 0 Å². The summed E-state index contributed by atoms with van der Waals surface area (Å²) in [6, 6.07) is 0. The molecule has 2 rings (SSSR count). The van der Waals surface area contributed by atoms with Gasteiger partial charge in [-0.05, 0) is 12.8 Å². The molecule has 1 aliphatic rings. The molecule has 0 aromatic carbocycles. The van der Waals surface area contributed by atoms with E-state index in [1.807, 2.05) is 0 Å². The summed E-state index contributed by atoms with van der Waals surface area (Å²) in [5.74, 6) is 0.970. The molecule has 66 valence electrons. The fourth-order valence-corrected chi connectivity index (χ4v) is 1.77. The average molecular weight is 168 g/mol. The predicted octanol–water partition coefficient (Wildman–Crippen LogP) is 1.41. The molecule has 1 heterocycles. The second-order valence-electron chi connectivity index (χ2n) is 3.29. The third kappa shape index (κ3) is 1.42. The lowest BCUT2D eigenvalue weighted by atomic mass is 9.89. The number of hydrogen-bond donors (Lipinski definition) is 1. The summed E-state index contributed by atoms with van der Waals surface area (Å²) in [4.78, 5) is 14.4. The van der Waals surface area contributed by atoms with Crippen LogP contribution < -0.4 is 5.69 Å². The lowest BCUT2D eigenvalue weighted by Gasteiger charge is -2.16. The van der Waals surface area contributed by atoms with E-state index in [4.69, 9.17) is 4.52 Å².